The molecule has 0 N–H and O–H groups in total. The highest BCUT2D eigenvalue weighted by Crippen LogP contribution is 2.26. The van der Waals surface area contributed by atoms with Crippen molar-refractivity contribution in [3.8, 4) is 0 Å². The van der Waals surface area contributed by atoms with Crippen molar-refractivity contribution >= 4 is 5.78 Å². The fourth-order valence-electron chi connectivity index (χ4n) is 1.83. The Morgan fingerprint density at radius 3 is 1.67 bits per heavy atom. The van der Waals surface area contributed by atoms with Crippen LogP contribution in [0, 0.1) is 11.8 Å². The van der Waals surface area contributed by atoms with Crippen LogP contribution in [0.3, 0.4) is 0 Å². The average molecular weight is 168 g/mol. The van der Waals surface area contributed by atoms with Crippen molar-refractivity contribution in [2.45, 2.75) is 40.5 Å². The molecule has 12 heavy (non-hydrogen) atoms. The molecule has 0 radical (unpaired) electrons. The molecule has 0 heterocycles. The molecule has 2 unspecified atom stereocenters. The number of hydrogen-bond donors (Lipinski definition) is 0. The molecule has 0 rings (SSSR count). The lowest BCUT2D eigenvalue weighted by molar-refractivity contribution is -0.122. The van der Waals surface area contributed by atoms with Crippen LogP contribution in [-0.2, 0) is 4.79 Å². The van der Waals surface area contributed by atoms with Crippen molar-refractivity contribution in [1.82, 2.24) is 0 Å². The van der Waals surface area contributed by atoms with E-state index in [9.17, 15) is 4.79 Å². The van der Waals surface area contributed by atoms with Crippen molar-refractivity contribution in [2.24, 2.45) is 11.8 Å². The van der Waals surface area contributed by atoms with E-state index in [1.807, 2.05) is 6.92 Å². The number of carbonyl (C=O) groups excluding carboxylic acids is 1. The summed E-state index contributed by atoms with van der Waals surface area (Å²) in [7, 11) is 0. The van der Waals surface area contributed by atoms with Gasteiger partial charge in [0.1, 0.15) is 5.78 Å². The van der Waals surface area contributed by atoms with Gasteiger partial charge in [-0.3, -0.25) is 4.79 Å². The third kappa shape index (κ3) is 2.80. The van der Waals surface area contributed by atoms with Crippen molar-refractivity contribution < 1.29 is 4.79 Å². The van der Waals surface area contributed by atoms with Gasteiger partial charge in [-0.25, -0.2) is 0 Å². The lowest BCUT2D eigenvalue weighted by atomic mass is 9.81. The number of allylic oxidation sites excluding steroid dienone is 1. The predicted molar refractivity (Wildman–Crippen MR) is 53.1 cm³/mol. The van der Waals surface area contributed by atoms with E-state index in [-0.39, 0.29) is 5.92 Å². The first-order chi connectivity index (χ1) is 5.54. The molecule has 0 aliphatic rings. The molecule has 0 spiro atoms. The van der Waals surface area contributed by atoms with Gasteiger partial charge in [-0.1, -0.05) is 26.0 Å². The zero-order chi connectivity index (χ0) is 9.72. The molecule has 1 heteroatoms. The molecule has 0 aromatic carbocycles. The monoisotopic (exact) mass is 168 g/mol. The summed E-state index contributed by atoms with van der Waals surface area (Å²) in [5.74, 6) is 0.868. The van der Waals surface area contributed by atoms with E-state index in [1.165, 1.54) is 0 Å². The maximum absolute atomic E-state index is 11.2. The first kappa shape index (κ1) is 11.4. The van der Waals surface area contributed by atoms with E-state index in [4.69, 9.17) is 0 Å². The molecule has 0 saturated carbocycles. The van der Waals surface area contributed by atoms with Crippen LogP contribution in [0.1, 0.15) is 40.5 Å². The maximum Gasteiger partial charge on any atom is 0.133 e. The maximum atomic E-state index is 11.2. The van der Waals surface area contributed by atoms with Crippen LogP contribution in [0.25, 0.3) is 0 Å². The minimum atomic E-state index is 0.187. The summed E-state index contributed by atoms with van der Waals surface area (Å²) in [5, 5.41) is 0. The fourth-order valence-corrected chi connectivity index (χ4v) is 1.83. The smallest absolute Gasteiger partial charge is 0.133 e. The Balaban J connectivity index is 4.44. The van der Waals surface area contributed by atoms with Gasteiger partial charge in [0, 0.05) is 5.92 Å². The largest absolute Gasteiger partial charge is 0.300 e. The molecule has 1 nitrogen and oxygen atoms in total. The van der Waals surface area contributed by atoms with Gasteiger partial charge in [0.05, 0.1) is 0 Å². The zero-order valence-electron chi connectivity index (χ0n) is 8.68. The number of carbonyl (C=O) groups is 1. The lowest BCUT2D eigenvalue weighted by Gasteiger charge is -2.22. The summed E-state index contributed by atoms with van der Waals surface area (Å²) < 4.78 is 0. The lowest BCUT2D eigenvalue weighted by Crippen LogP contribution is -2.21. The van der Waals surface area contributed by atoms with E-state index in [0.717, 1.165) is 18.4 Å². The molecular formula is C11H20O. The normalized spacial score (nSPS) is 15.3. The van der Waals surface area contributed by atoms with Crippen molar-refractivity contribution in [2.75, 3.05) is 0 Å². The van der Waals surface area contributed by atoms with Crippen molar-refractivity contribution in [3.05, 3.63) is 12.2 Å². The SMILES string of the molecule is C=C(C)C(CC)C(CC)C(C)=O. The molecule has 0 amide bonds. The summed E-state index contributed by atoms with van der Waals surface area (Å²) >= 11 is 0. The van der Waals surface area contributed by atoms with Gasteiger partial charge in [-0.2, -0.15) is 0 Å². The third-order valence-electron chi connectivity index (χ3n) is 2.52. The first-order valence-electron chi connectivity index (χ1n) is 4.70. The van der Waals surface area contributed by atoms with Crippen LogP contribution in [0.4, 0.5) is 0 Å². The Hall–Kier alpha value is -0.590. The molecule has 0 aliphatic carbocycles. The van der Waals surface area contributed by atoms with Gasteiger partial charge in [-0.15, -0.1) is 0 Å². The van der Waals surface area contributed by atoms with Gasteiger partial charge >= 0.3 is 0 Å². The highest BCUT2D eigenvalue weighted by atomic mass is 16.1. The van der Waals surface area contributed by atoms with Crippen molar-refractivity contribution in [3.63, 3.8) is 0 Å². The molecule has 0 aliphatic heterocycles. The van der Waals surface area contributed by atoms with Gasteiger partial charge in [0.25, 0.3) is 0 Å². The highest BCUT2D eigenvalue weighted by Gasteiger charge is 2.22. The van der Waals surface area contributed by atoms with Crippen LogP contribution in [-0.4, -0.2) is 5.78 Å². The van der Waals surface area contributed by atoms with Crippen LogP contribution in [0.5, 0.6) is 0 Å². The Labute approximate surface area is 75.9 Å². The second-order valence-electron chi connectivity index (χ2n) is 3.49. The first-order valence-corrected chi connectivity index (χ1v) is 4.70. The van der Waals surface area contributed by atoms with Gasteiger partial charge in [-0.05, 0) is 32.6 Å². The molecule has 0 saturated heterocycles. The highest BCUT2D eigenvalue weighted by molar-refractivity contribution is 5.78. The summed E-state index contributed by atoms with van der Waals surface area (Å²) in [6.07, 6.45) is 1.95. The van der Waals surface area contributed by atoms with Gasteiger partial charge < -0.3 is 0 Å². The van der Waals surface area contributed by atoms with Gasteiger partial charge in [0.15, 0.2) is 0 Å². The van der Waals surface area contributed by atoms with E-state index >= 15 is 0 Å². The zero-order valence-corrected chi connectivity index (χ0v) is 8.68. The standard InChI is InChI=1S/C11H20O/c1-6-10(8(3)4)11(7-2)9(5)12/h10-11H,3,6-7H2,1-2,4-5H3. The molecule has 2 atom stereocenters. The van der Waals surface area contributed by atoms with Crippen LogP contribution < -0.4 is 0 Å². The van der Waals surface area contributed by atoms with E-state index < -0.39 is 0 Å². The average Bonchev–Trinajstić information content (AvgIpc) is 1.98. The van der Waals surface area contributed by atoms with E-state index in [0.29, 0.717) is 11.7 Å². The van der Waals surface area contributed by atoms with E-state index in [2.05, 4.69) is 20.4 Å². The second kappa shape index (κ2) is 5.13. The third-order valence-corrected chi connectivity index (χ3v) is 2.52. The van der Waals surface area contributed by atoms with Crippen molar-refractivity contribution in [1.29, 1.82) is 0 Å². The Kier molecular flexibility index (Phi) is 4.87. The van der Waals surface area contributed by atoms with E-state index in [1.54, 1.807) is 6.92 Å². The topological polar surface area (TPSA) is 17.1 Å². The molecular weight excluding hydrogens is 148 g/mol. The Morgan fingerprint density at radius 2 is 1.58 bits per heavy atom. The number of Topliss-reactive ketones (excluding diaryl/α,β-unsaturated/α-hetero) is 1. The number of hydrogen-bond acceptors (Lipinski definition) is 1. The van der Waals surface area contributed by atoms with Gasteiger partial charge in [0.2, 0.25) is 0 Å². The second-order valence-corrected chi connectivity index (χ2v) is 3.49. The summed E-state index contributed by atoms with van der Waals surface area (Å²) in [6.45, 7) is 11.8. The summed E-state index contributed by atoms with van der Waals surface area (Å²) in [5.41, 5.74) is 1.14. The Morgan fingerprint density at radius 1 is 1.17 bits per heavy atom. The predicted octanol–water partition coefficient (Wildman–Crippen LogP) is 3.20. The number of ketones is 1. The molecule has 0 aromatic rings. The molecule has 70 valence electrons. The Bertz CT molecular complexity index is 150. The minimum absolute atomic E-state index is 0.187. The quantitative estimate of drug-likeness (QED) is 0.576. The summed E-state index contributed by atoms with van der Waals surface area (Å²) in [4.78, 5) is 11.2. The van der Waals surface area contributed by atoms with Crippen LogP contribution >= 0.6 is 0 Å². The summed E-state index contributed by atoms with van der Waals surface area (Å²) in [6, 6.07) is 0. The fraction of sp³-hybridized carbons (Fsp3) is 0.727. The van der Waals surface area contributed by atoms with Crippen LogP contribution in [0.15, 0.2) is 12.2 Å². The number of rotatable bonds is 5. The molecule has 0 fully saturated rings. The molecule has 0 aromatic heterocycles. The minimum Gasteiger partial charge on any atom is -0.300 e. The molecule has 0 bridgehead atoms. The van der Waals surface area contributed by atoms with Crippen LogP contribution in [0.2, 0.25) is 0 Å².